The Labute approximate surface area is 174 Å². The quantitative estimate of drug-likeness (QED) is 0.451. The normalized spacial score (nSPS) is 11.7. The van der Waals surface area contributed by atoms with Crippen molar-refractivity contribution in [3.63, 3.8) is 0 Å². The van der Waals surface area contributed by atoms with Crippen LogP contribution in [-0.2, 0) is 14.3 Å². The summed E-state index contributed by atoms with van der Waals surface area (Å²) in [5, 5.41) is 5.98. The lowest BCUT2D eigenvalue weighted by molar-refractivity contribution is -0.148. The van der Waals surface area contributed by atoms with Crippen molar-refractivity contribution in [2.75, 3.05) is 6.54 Å². The summed E-state index contributed by atoms with van der Waals surface area (Å²) < 4.78 is 10.2. The molecule has 0 unspecified atom stereocenters. The van der Waals surface area contributed by atoms with E-state index in [0.29, 0.717) is 23.6 Å². The molecule has 1 atom stereocenters. The van der Waals surface area contributed by atoms with Gasteiger partial charge in [-0.2, -0.15) is 0 Å². The molecule has 2 aromatic rings. The van der Waals surface area contributed by atoms with Gasteiger partial charge in [0.2, 0.25) is 5.91 Å². The van der Waals surface area contributed by atoms with E-state index in [4.69, 9.17) is 20.8 Å². The Kier molecular flexibility index (Phi) is 8.73. The molecule has 2 rings (SSSR count). The summed E-state index contributed by atoms with van der Waals surface area (Å²) in [6, 6.07) is 9.62. The Morgan fingerprint density at radius 1 is 1.14 bits per heavy atom. The van der Waals surface area contributed by atoms with Gasteiger partial charge in [0.15, 0.2) is 5.76 Å². The number of carbonyl (C=O) groups excluding carboxylic acids is 3. The first kappa shape index (κ1) is 22.5. The summed E-state index contributed by atoms with van der Waals surface area (Å²) in [4.78, 5) is 36.3. The third-order valence-electron chi connectivity index (χ3n) is 3.96. The zero-order chi connectivity index (χ0) is 21.2. The summed E-state index contributed by atoms with van der Waals surface area (Å²) in [5.74, 6) is -0.784. The van der Waals surface area contributed by atoms with Crippen molar-refractivity contribution in [3.05, 3.63) is 59.0 Å². The SMILES string of the molecule is CC(C)OC(=O)C[C@H](NC(=O)CCCNC(=O)c1ccco1)c1ccccc1Cl. The van der Waals surface area contributed by atoms with Gasteiger partial charge in [0, 0.05) is 18.0 Å². The van der Waals surface area contributed by atoms with Gasteiger partial charge >= 0.3 is 5.97 Å². The Bertz CT molecular complexity index is 820. The van der Waals surface area contributed by atoms with Crippen molar-refractivity contribution in [2.24, 2.45) is 0 Å². The fourth-order valence-electron chi connectivity index (χ4n) is 2.69. The predicted molar refractivity (Wildman–Crippen MR) is 108 cm³/mol. The van der Waals surface area contributed by atoms with Crippen LogP contribution >= 0.6 is 11.6 Å². The molecule has 0 aliphatic carbocycles. The highest BCUT2D eigenvalue weighted by Gasteiger charge is 2.22. The fraction of sp³-hybridized carbons (Fsp3) is 0.381. The monoisotopic (exact) mass is 420 g/mol. The van der Waals surface area contributed by atoms with E-state index in [9.17, 15) is 14.4 Å². The minimum atomic E-state index is -0.597. The van der Waals surface area contributed by atoms with Crippen LogP contribution in [0.5, 0.6) is 0 Å². The fourth-order valence-corrected chi connectivity index (χ4v) is 2.95. The second-order valence-electron chi connectivity index (χ2n) is 6.72. The van der Waals surface area contributed by atoms with Gasteiger partial charge in [-0.1, -0.05) is 29.8 Å². The van der Waals surface area contributed by atoms with Crippen LogP contribution in [0.1, 0.15) is 55.3 Å². The molecule has 8 heteroatoms. The highest BCUT2D eigenvalue weighted by molar-refractivity contribution is 6.31. The smallest absolute Gasteiger partial charge is 0.308 e. The Hall–Kier alpha value is -2.80. The molecule has 0 saturated heterocycles. The largest absolute Gasteiger partial charge is 0.463 e. The molecular formula is C21H25ClN2O5. The molecule has 0 aliphatic rings. The average molecular weight is 421 g/mol. The number of hydrogen-bond acceptors (Lipinski definition) is 5. The van der Waals surface area contributed by atoms with E-state index < -0.39 is 12.0 Å². The maximum atomic E-state index is 12.4. The molecule has 0 saturated carbocycles. The number of amides is 2. The first-order valence-electron chi connectivity index (χ1n) is 9.41. The zero-order valence-corrected chi connectivity index (χ0v) is 17.2. The van der Waals surface area contributed by atoms with Crippen molar-refractivity contribution in [3.8, 4) is 0 Å². The number of hydrogen-bond donors (Lipinski definition) is 2. The number of nitrogens with one attached hydrogen (secondary N) is 2. The molecule has 0 radical (unpaired) electrons. The van der Waals surface area contributed by atoms with E-state index in [-0.39, 0.29) is 36.5 Å². The van der Waals surface area contributed by atoms with Crippen LogP contribution in [0, 0.1) is 0 Å². The molecular weight excluding hydrogens is 396 g/mol. The number of halogens is 1. The molecule has 156 valence electrons. The highest BCUT2D eigenvalue weighted by atomic mass is 35.5. The molecule has 1 heterocycles. The van der Waals surface area contributed by atoms with Crippen LogP contribution < -0.4 is 10.6 Å². The Balaban J connectivity index is 1.88. The molecule has 1 aromatic carbocycles. The molecule has 2 N–H and O–H groups in total. The van der Waals surface area contributed by atoms with Crippen molar-refractivity contribution in [1.82, 2.24) is 10.6 Å². The number of benzene rings is 1. The van der Waals surface area contributed by atoms with Crippen molar-refractivity contribution in [1.29, 1.82) is 0 Å². The van der Waals surface area contributed by atoms with Crippen LogP contribution in [0.15, 0.2) is 47.1 Å². The average Bonchev–Trinajstić information content (AvgIpc) is 3.19. The highest BCUT2D eigenvalue weighted by Crippen LogP contribution is 2.25. The summed E-state index contributed by atoms with van der Waals surface area (Å²) in [6.45, 7) is 3.84. The van der Waals surface area contributed by atoms with E-state index in [1.165, 1.54) is 6.26 Å². The summed E-state index contributed by atoms with van der Waals surface area (Å²) in [5.41, 5.74) is 0.648. The summed E-state index contributed by atoms with van der Waals surface area (Å²) >= 11 is 6.24. The first-order chi connectivity index (χ1) is 13.9. The zero-order valence-electron chi connectivity index (χ0n) is 16.4. The van der Waals surface area contributed by atoms with E-state index in [1.807, 2.05) is 0 Å². The molecule has 7 nitrogen and oxygen atoms in total. The summed E-state index contributed by atoms with van der Waals surface area (Å²) in [7, 11) is 0. The van der Waals surface area contributed by atoms with Crippen molar-refractivity contribution >= 4 is 29.4 Å². The van der Waals surface area contributed by atoms with Gasteiger partial charge in [0.1, 0.15) is 0 Å². The van der Waals surface area contributed by atoms with Crippen LogP contribution in [0.25, 0.3) is 0 Å². The van der Waals surface area contributed by atoms with Crippen LogP contribution in [0.4, 0.5) is 0 Å². The topological polar surface area (TPSA) is 97.6 Å². The standard InChI is InChI=1S/C21H25ClN2O5/c1-14(2)29-20(26)13-17(15-7-3-4-8-16(15)22)24-19(25)10-5-11-23-21(27)18-9-6-12-28-18/h3-4,6-9,12,14,17H,5,10-11,13H2,1-2H3,(H,23,27)(H,24,25)/t17-/m0/s1. The second-order valence-corrected chi connectivity index (χ2v) is 7.13. The molecule has 1 aromatic heterocycles. The minimum absolute atomic E-state index is 0.0249. The molecule has 0 bridgehead atoms. The lowest BCUT2D eigenvalue weighted by Crippen LogP contribution is -2.32. The van der Waals surface area contributed by atoms with Crippen LogP contribution in [0.2, 0.25) is 5.02 Å². The molecule has 0 spiro atoms. The predicted octanol–water partition coefficient (Wildman–Crippen LogP) is 3.64. The molecule has 29 heavy (non-hydrogen) atoms. The number of ether oxygens (including phenoxy) is 1. The van der Waals surface area contributed by atoms with Gasteiger partial charge in [0.05, 0.1) is 24.8 Å². The van der Waals surface area contributed by atoms with Crippen molar-refractivity contribution in [2.45, 2.75) is 45.3 Å². The maximum absolute atomic E-state index is 12.4. The van der Waals surface area contributed by atoms with Gasteiger partial charge in [0.25, 0.3) is 5.91 Å². The van der Waals surface area contributed by atoms with E-state index in [0.717, 1.165) is 0 Å². The third kappa shape index (κ3) is 7.62. The number of rotatable bonds is 10. The van der Waals surface area contributed by atoms with Gasteiger partial charge in [-0.05, 0) is 44.0 Å². The number of carbonyl (C=O) groups is 3. The first-order valence-corrected chi connectivity index (χ1v) is 9.79. The third-order valence-corrected chi connectivity index (χ3v) is 4.31. The molecule has 2 amide bonds. The maximum Gasteiger partial charge on any atom is 0.308 e. The van der Waals surface area contributed by atoms with Crippen LogP contribution in [0.3, 0.4) is 0 Å². The second kappa shape index (κ2) is 11.3. The number of furan rings is 1. The number of esters is 1. The lowest BCUT2D eigenvalue weighted by Gasteiger charge is -2.20. The summed E-state index contributed by atoms with van der Waals surface area (Å²) in [6.07, 6.45) is 1.76. The molecule has 0 aliphatic heterocycles. The van der Waals surface area contributed by atoms with Gasteiger partial charge in [-0.15, -0.1) is 0 Å². The Morgan fingerprint density at radius 2 is 1.90 bits per heavy atom. The van der Waals surface area contributed by atoms with E-state index in [1.54, 1.807) is 50.2 Å². The lowest BCUT2D eigenvalue weighted by atomic mass is 10.0. The van der Waals surface area contributed by atoms with Gasteiger partial charge in [-0.25, -0.2) is 0 Å². The van der Waals surface area contributed by atoms with Gasteiger partial charge < -0.3 is 19.8 Å². The van der Waals surface area contributed by atoms with E-state index in [2.05, 4.69) is 10.6 Å². The van der Waals surface area contributed by atoms with Crippen LogP contribution in [-0.4, -0.2) is 30.4 Å². The minimum Gasteiger partial charge on any atom is -0.463 e. The molecule has 0 fully saturated rings. The van der Waals surface area contributed by atoms with Gasteiger partial charge in [-0.3, -0.25) is 14.4 Å². The van der Waals surface area contributed by atoms with E-state index >= 15 is 0 Å². The van der Waals surface area contributed by atoms with Crippen molar-refractivity contribution < 1.29 is 23.5 Å². The Morgan fingerprint density at radius 3 is 2.55 bits per heavy atom.